The van der Waals surface area contributed by atoms with Crippen LogP contribution < -0.4 is 5.73 Å². The van der Waals surface area contributed by atoms with Gasteiger partial charge >= 0.3 is 0 Å². The first kappa shape index (κ1) is 14.0. The first-order chi connectivity index (χ1) is 10.2. The Kier molecular flexibility index (Phi) is 4.13. The summed E-state index contributed by atoms with van der Waals surface area (Å²) in [6.45, 7) is 0. The summed E-state index contributed by atoms with van der Waals surface area (Å²) in [6.07, 6.45) is 10.4. The second-order valence-corrected chi connectivity index (χ2v) is 5.85. The van der Waals surface area contributed by atoms with Crippen LogP contribution in [0, 0.1) is 11.7 Å². The second kappa shape index (κ2) is 6.20. The van der Waals surface area contributed by atoms with E-state index in [1.165, 1.54) is 44.5 Å². The van der Waals surface area contributed by atoms with E-state index in [0.717, 1.165) is 12.0 Å². The van der Waals surface area contributed by atoms with E-state index in [1.807, 2.05) is 6.07 Å². The lowest BCUT2D eigenvalue weighted by molar-refractivity contribution is 0.356. The van der Waals surface area contributed by atoms with Crippen molar-refractivity contribution in [3.05, 3.63) is 42.0 Å². The van der Waals surface area contributed by atoms with Gasteiger partial charge in [0.25, 0.3) is 0 Å². The van der Waals surface area contributed by atoms with E-state index in [4.69, 9.17) is 5.73 Å². The Labute approximate surface area is 124 Å². The van der Waals surface area contributed by atoms with E-state index in [1.54, 1.807) is 12.1 Å². The van der Waals surface area contributed by atoms with Gasteiger partial charge in [0, 0.05) is 5.56 Å². The molecule has 0 spiro atoms. The predicted octanol–water partition coefficient (Wildman–Crippen LogP) is 3.99. The molecule has 0 bridgehead atoms. The number of nitrogen functional groups attached to an aromatic ring is 1. The van der Waals surface area contributed by atoms with Crippen LogP contribution in [-0.2, 0) is 6.42 Å². The molecule has 0 saturated heterocycles. The monoisotopic (exact) mass is 285 g/mol. The molecule has 1 aliphatic rings. The zero-order valence-corrected chi connectivity index (χ0v) is 12.1. The first-order valence-electron chi connectivity index (χ1n) is 7.58. The zero-order chi connectivity index (χ0) is 14.7. The molecule has 110 valence electrons. The summed E-state index contributed by atoms with van der Waals surface area (Å²) in [5.74, 6) is 0.816. The van der Waals surface area contributed by atoms with Crippen molar-refractivity contribution in [2.45, 2.75) is 38.5 Å². The molecule has 0 radical (unpaired) electrons. The van der Waals surface area contributed by atoms with Gasteiger partial charge in [0.05, 0.1) is 18.1 Å². The van der Waals surface area contributed by atoms with E-state index < -0.39 is 0 Å². The molecule has 21 heavy (non-hydrogen) atoms. The van der Waals surface area contributed by atoms with Crippen molar-refractivity contribution in [2.24, 2.45) is 5.92 Å². The topological polar surface area (TPSA) is 51.8 Å². The maximum Gasteiger partial charge on any atom is 0.141 e. The average molecular weight is 285 g/mol. The summed E-state index contributed by atoms with van der Waals surface area (Å²) in [4.78, 5) is 8.09. The summed E-state index contributed by atoms with van der Waals surface area (Å²) < 4.78 is 14.3. The molecular formula is C17H20FN3. The number of hydrogen-bond acceptors (Lipinski definition) is 3. The summed E-state index contributed by atoms with van der Waals surface area (Å²) in [5, 5.41) is 0. The Bertz CT molecular complexity index is 604. The fourth-order valence-electron chi connectivity index (χ4n) is 3.10. The highest BCUT2D eigenvalue weighted by Crippen LogP contribution is 2.28. The van der Waals surface area contributed by atoms with Crippen LogP contribution in [-0.4, -0.2) is 9.97 Å². The van der Waals surface area contributed by atoms with Gasteiger partial charge in [-0.25, -0.2) is 9.37 Å². The van der Waals surface area contributed by atoms with Crippen LogP contribution in [0.4, 0.5) is 10.2 Å². The number of hydrogen-bond donors (Lipinski definition) is 1. The number of nitrogens with two attached hydrogens (primary N) is 1. The molecule has 2 aromatic rings. The minimum absolute atomic E-state index is 0.234. The molecule has 4 heteroatoms. The third-order valence-corrected chi connectivity index (χ3v) is 4.23. The van der Waals surface area contributed by atoms with Crippen molar-refractivity contribution in [2.75, 3.05) is 5.73 Å². The minimum Gasteiger partial charge on any atom is -0.382 e. The first-order valence-corrected chi connectivity index (χ1v) is 7.58. The highest BCUT2D eigenvalue weighted by atomic mass is 19.1. The van der Waals surface area contributed by atoms with Gasteiger partial charge in [0.2, 0.25) is 0 Å². The number of anilines is 1. The Morgan fingerprint density at radius 1 is 1.10 bits per heavy atom. The Morgan fingerprint density at radius 3 is 2.57 bits per heavy atom. The summed E-state index contributed by atoms with van der Waals surface area (Å²) in [5.41, 5.74) is 7.58. The molecule has 1 fully saturated rings. The van der Waals surface area contributed by atoms with E-state index in [0.29, 0.717) is 23.0 Å². The molecule has 0 atom stereocenters. The van der Waals surface area contributed by atoms with Gasteiger partial charge in [-0.3, -0.25) is 4.98 Å². The minimum atomic E-state index is -0.234. The second-order valence-electron chi connectivity index (χ2n) is 5.85. The fourth-order valence-corrected chi connectivity index (χ4v) is 3.10. The summed E-state index contributed by atoms with van der Waals surface area (Å²) in [7, 11) is 0. The molecule has 0 aliphatic heterocycles. The van der Waals surface area contributed by atoms with Gasteiger partial charge in [0.15, 0.2) is 0 Å². The summed E-state index contributed by atoms with van der Waals surface area (Å²) >= 11 is 0. The van der Waals surface area contributed by atoms with Gasteiger partial charge in [-0.2, -0.15) is 0 Å². The highest BCUT2D eigenvalue weighted by molar-refractivity contribution is 5.60. The largest absolute Gasteiger partial charge is 0.382 e. The third kappa shape index (κ3) is 3.38. The van der Waals surface area contributed by atoms with Gasteiger partial charge in [-0.1, -0.05) is 38.2 Å². The van der Waals surface area contributed by atoms with Crippen LogP contribution in [0.5, 0.6) is 0 Å². The predicted molar refractivity (Wildman–Crippen MR) is 82.1 cm³/mol. The van der Waals surface area contributed by atoms with E-state index >= 15 is 0 Å². The molecule has 3 nitrogen and oxygen atoms in total. The molecule has 1 saturated carbocycles. The number of aromatic nitrogens is 2. The van der Waals surface area contributed by atoms with Crippen LogP contribution in [0.25, 0.3) is 11.3 Å². The van der Waals surface area contributed by atoms with Crippen LogP contribution in [0.3, 0.4) is 0 Å². The molecule has 0 unspecified atom stereocenters. The number of nitrogens with zero attached hydrogens (tertiary/aromatic N) is 2. The van der Waals surface area contributed by atoms with Crippen LogP contribution in [0.2, 0.25) is 0 Å². The maximum absolute atomic E-state index is 14.3. The number of benzene rings is 1. The lowest BCUT2D eigenvalue weighted by Crippen LogP contribution is -2.09. The van der Waals surface area contributed by atoms with Gasteiger partial charge in [-0.05, 0) is 30.0 Å². The normalized spacial score (nSPS) is 16.0. The van der Waals surface area contributed by atoms with Crippen molar-refractivity contribution in [3.8, 4) is 11.3 Å². The summed E-state index contributed by atoms with van der Waals surface area (Å²) in [6, 6.07) is 5.45. The smallest absolute Gasteiger partial charge is 0.141 e. The fraction of sp³-hybridized carbons (Fsp3) is 0.412. The molecule has 1 heterocycles. The van der Waals surface area contributed by atoms with Crippen LogP contribution >= 0.6 is 0 Å². The Hall–Kier alpha value is -1.97. The van der Waals surface area contributed by atoms with Crippen molar-refractivity contribution in [1.82, 2.24) is 9.97 Å². The van der Waals surface area contributed by atoms with Gasteiger partial charge < -0.3 is 5.73 Å². The number of rotatable bonds is 3. The van der Waals surface area contributed by atoms with Crippen molar-refractivity contribution < 1.29 is 4.39 Å². The molecule has 1 aliphatic carbocycles. The van der Waals surface area contributed by atoms with E-state index in [9.17, 15) is 4.39 Å². The zero-order valence-electron chi connectivity index (χ0n) is 12.1. The van der Waals surface area contributed by atoms with Crippen LogP contribution in [0.1, 0.15) is 37.7 Å². The highest BCUT2D eigenvalue weighted by Gasteiger charge is 2.15. The lowest BCUT2D eigenvalue weighted by atomic mass is 9.85. The lowest BCUT2D eigenvalue weighted by Gasteiger charge is -2.21. The quantitative estimate of drug-likeness (QED) is 0.927. The molecular weight excluding hydrogens is 265 g/mol. The molecule has 3 rings (SSSR count). The molecule has 2 N–H and O–H groups in total. The molecule has 1 aromatic heterocycles. The van der Waals surface area contributed by atoms with Crippen molar-refractivity contribution in [3.63, 3.8) is 0 Å². The van der Waals surface area contributed by atoms with Crippen molar-refractivity contribution >= 4 is 5.82 Å². The Morgan fingerprint density at radius 2 is 1.90 bits per heavy atom. The Balaban J connectivity index is 1.77. The number of halogens is 1. The SMILES string of the molecule is Nc1cnc(-c2ccc(CC3CCCCC3)cc2F)cn1. The van der Waals surface area contributed by atoms with Gasteiger partial charge in [-0.15, -0.1) is 0 Å². The van der Waals surface area contributed by atoms with Crippen molar-refractivity contribution in [1.29, 1.82) is 0 Å². The standard InChI is InChI=1S/C17H20FN3/c18-15-9-13(8-12-4-2-1-3-5-12)6-7-14(15)16-10-21-17(19)11-20-16/h6-7,9-12H,1-5,8H2,(H2,19,21). The average Bonchev–Trinajstić information content (AvgIpc) is 2.50. The van der Waals surface area contributed by atoms with Crippen LogP contribution in [0.15, 0.2) is 30.6 Å². The van der Waals surface area contributed by atoms with Gasteiger partial charge in [0.1, 0.15) is 11.6 Å². The third-order valence-electron chi connectivity index (χ3n) is 4.23. The van der Waals surface area contributed by atoms with E-state index in [2.05, 4.69) is 9.97 Å². The molecule has 1 aromatic carbocycles. The molecule has 0 amide bonds. The van der Waals surface area contributed by atoms with E-state index in [-0.39, 0.29) is 5.82 Å². The maximum atomic E-state index is 14.3.